The van der Waals surface area contributed by atoms with Crippen LogP contribution in [0.15, 0.2) is 45.8 Å². The normalized spacial score (nSPS) is 10.9. The molecule has 0 bridgehead atoms. The Hall–Kier alpha value is -2.04. The number of nitrogens with one attached hydrogen (secondary N) is 1. The van der Waals surface area contributed by atoms with Gasteiger partial charge in [0.1, 0.15) is 0 Å². The molecule has 0 aliphatic heterocycles. The van der Waals surface area contributed by atoms with Gasteiger partial charge in [0.15, 0.2) is 9.84 Å². The number of para-hydroxylation sites is 1. The summed E-state index contributed by atoms with van der Waals surface area (Å²) in [5.41, 5.74) is 7.77. The Balaban J connectivity index is 2.44. The summed E-state index contributed by atoms with van der Waals surface area (Å²) in [5, 5.41) is 11.9. The smallest absolute Gasteiger partial charge is 0.177 e. The number of nitrogen functional groups attached to an aromatic ring is 1. The molecule has 3 N–H and O–H groups in total. The predicted octanol–water partition coefficient (Wildman–Crippen LogP) is 3.05. The summed E-state index contributed by atoms with van der Waals surface area (Å²) >= 11 is 3.36. The lowest BCUT2D eigenvalue weighted by atomic mass is 10.2. The van der Waals surface area contributed by atoms with E-state index in [0.717, 1.165) is 6.26 Å². The van der Waals surface area contributed by atoms with E-state index in [1.165, 1.54) is 6.07 Å². The number of nitrogens with zero attached hydrogens (tertiary/aromatic N) is 1. The molecule has 108 valence electrons. The van der Waals surface area contributed by atoms with E-state index in [1.807, 2.05) is 6.07 Å². The van der Waals surface area contributed by atoms with Crippen molar-refractivity contribution in [2.75, 3.05) is 17.3 Å². The van der Waals surface area contributed by atoms with E-state index < -0.39 is 9.84 Å². The highest BCUT2D eigenvalue weighted by molar-refractivity contribution is 9.10. The molecule has 2 aromatic carbocycles. The van der Waals surface area contributed by atoms with Crippen LogP contribution in [0.2, 0.25) is 0 Å². The van der Waals surface area contributed by atoms with Gasteiger partial charge in [0.05, 0.1) is 33.6 Å². The van der Waals surface area contributed by atoms with Crippen LogP contribution in [0, 0.1) is 11.3 Å². The van der Waals surface area contributed by atoms with Gasteiger partial charge in [-0.05, 0) is 46.3 Å². The maximum atomic E-state index is 11.7. The summed E-state index contributed by atoms with van der Waals surface area (Å²) in [6.45, 7) is 0. The molecule has 0 aliphatic rings. The van der Waals surface area contributed by atoms with Gasteiger partial charge in [0, 0.05) is 10.7 Å². The lowest BCUT2D eigenvalue weighted by Crippen LogP contribution is -2.05. The van der Waals surface area contributed by atoms with Crippen LogP contribution >= 0.6 is 15.9 Å². The third-order valence-corrected chi connectivity index (χ3v) is 4.64. The summed E-state index contributed by atoms with van der Waals surface area (Å²) in [6.07, 6.45) is 1.11. The highest BCUT2D eigenvalue weighted by Crippen LogP contribution is 2.32. The number of rotatable bonds is 3. The van der Waals surface area contributed by atoms with Crippen LogP contribution in [-0.4, -0.2) is 14.7 Å². The van der Waals surface area contributed by atoms with Crippen LogP contribution in [0.25, 0.3) is 0 Å². The Labute approximate surface area is 131 Å². The molecule has 0 amide bonds. The van der Waals surface area contributed by atoms with Gasteiger partial charge in [0.25, 0.3) is 0 Å². The zero-order chi connectivity index (χ0) is 15.6. The molecule has 2 aromatic rings. The van der Waals surface area contributed by atoms with E-state index in [1.54, 1.807) is 30.3 Å². The van der Waals surface area contributed by atoms with Gasteiger partial charge in [-0.3, -0.25) is 0 Å². The van der Waals surface area contributed by atoms with Crippen molar-refractivity contribution in [1.82, 2.24) is 0 Å². The van der Waals surface area contributed by atoms with Crippen molar-refractivity contribution in [2.24, 2.45) is 0 Å². The number of nitrogens with two attached hydrogens (primary N) is 1. The fourth-order valence-corrected chi connectivity index (χ4v) is 3.12. The van der Waals surface area contributed by atoms with Gasteiger partial charge in [-0.25, -0.2) is 8.42 Å². The Morgan fingerprint density at radius 1 is 1.24 bits per heavy atom. The number of benzene rings is 2. The van der Waals surface area contributed by atoms with Gasteiger partial charge in [-0.15, -0.1) is 0 Å². The minimum absolute atomic E-state index is 0.0808. The van der Waals surface area contributed by atoms with Crippen molar-refractivity contribution < 1.29 is 8.42 Å². The van der Waals surface area contributed by atoms with Gasteiger partial charge in [-0.2, -0.15) is 5.26 Å². The highest BCUT2D eigenvalue weighted by Gasteiger charge is 2.14. The quantitative estimate of drug-likeness (QED) is 0.814. The fourth-order valence-electron chi connectivity index (χ4n) is 1.81. The molecule has 0 aromatic heterocycles. The van der Waals surface area contributed by atoms with Crippen molar-refractivity contribution in [3.63, 3.8) is 0 Å². The van der Waals surface area contributed by atoms with Crippen LogP contribution in [0.5, 0.6) is 0 Å². The maximum absolute atomic E-state index is 11.7. The molecule has 5 nitrogen and oxygen atoms in total. The molecule has 0 aliphatic carbocycles. The number of halogens is 1. The predicted molar refractivity (Wildman–Crippen MR) is 86.1 cm³/mol. The molecule has 0 atom stereocenters. The Bertz CT molecular complexity index is 842. The summed E-state index contributed by atoms with van der Waals surface area (Å²) in [5.74, 6) is 0. The summed E-state index contributed by atoms with van der Waals surface area (Å²) < 4.78 is 24.0. The average Bonchev–Trinajstić information content (AvgIpc) is 2.41. The van der Waals surface area contributed by atoms with Crippen LogP contribution in [0.1, 0.15) is 5.56 Å². The highest BCUT2D eigenvalue weighted by atomic mass is 79.9. The Kier molecular flexibility index (Phi) is 4.21. The number of hydrogen-bond donors (Lipinski definition) is 2. The molecule has 0 spiro atoms. The first kappa shape index (κ1) is 15.4. The van der Waals surface area contributed by atoms with Crippen molar-refractivity contribution in [3.8, 4) is 6.07 Å². The number of hydrogen-bond acceptors (Lipinski definition) is 5. The van der Waals surface area contributed by atoms with Crippen molar-refractivity contribution >= 4 is 42.8 Å². The minimum Gasteiger partial charge on any atom is -0.396 e. The molecule has 0 unspecified atom stereocenters. The summed E-state index contributed by atoms with van der Waals surface area (Å²) in [4.78, 5) is 0.0808. The molecular formula is C14H12BrN3O2S. The van der Waals surface area contributed by atoms with Crippen LogP contribution in [0.4, 0.5) is 17.1 Å². The van der Waals surface area contributed by atoms with Crippen molar-refractivity contribution in [1.29, 1.82) is 5.26 Å². The molecule has 0 radical (unpaired) electrons. The molecule has 0 saturated carbocycles. The van der Waals surface area contributed by atoms with Gasteiger partial charge < -0.3 is 11.1 Å². The fraction of sp³-hybridized carbons (Fsp3) is 0.0714. The molecule has 21 heavy (non-hydrogen) atoms. The van der Waals surface area contributed by atoms with Crippen molar-refractivity contribution in [2.45, 2.75) is 4.90 Å². The number of anilines is 3. The second-order valence-corrected chi connectivity index (χ2v) is 7.26. The SMILES string of the molecule is CS(=O)(=O)c1cccc(Nc2ccc(C#N)cc2Br)c1N. The summed E-state index contributed by atoms with van der Waals surface area (Å²) in [6, 6.07) is 11.8. The minimum atomic E-state index is -3.39. The van der Waals surface area contributed by atoms with E-state index in [2.05, 4.69) is 21.2 Å². The lowest BCUT2D eigenvalue weighted by molar-refractivity contribution is 0.602. The summed E-state index contributed by atoms with van der Waals surface area (Å²) in [7, 11) is -3.39. The molecule has 0 heterocycles. The zero-order valence-electron chi connectivity index (χ0n) is 11.1. The van der Waals surface area contributed by atoms with Crippen LogP contribution < -0.4 is 11.1 Å². The van der Waals surface area contributed by atoms with Crippen LogP contribution in [0.3, 0.4) is 0 Å². The average molecular weight is 366 g/mol. The van der Waals surface area contributed by atoms with Crippen molar-refractivity contribution in [3.05, 3.63) is 46.4 Å². The molecule has 7 heteroatoms. The first-order valence-electron chi connectivity index (χ1n) is 5.88. The largest absolute Gasteiger partial charge is 0.396 e. The first-order valence-corrected chi connectivity index (χ1v) is 8.56. The second kappa shape index (κ2) is 5.76. The third kappa shape index (κ3) is 3.35. The van der Waals surface area contributed by atoms with E-state index in [-0.39, 0.29) is 10.6 Å². The van der Waals surface area contributed by atoms with E-state index >= 15 is 0 Å². The second-order valence-electron chi connectivity index (χ2n) is 4.42. The van der Waals surface area contributed by atoms with Gasteiger partial charge in [-0.1, -0.05) is 6.07 Å². The molecule has 0 fully saturated rings. The topological polar surface area (TPSA) is 96.0 Å². The van der Waals surface area contributed by atoms with Gasteiger partial charge in [0.2, 0.25) is 0 Å². The van der Waals surface area contributed by atoms with Crippen LogP contribution in [-0.2, 0) is 9.84 Å². The number of nitriles is 1. The first-order chi connectivity index (χ1) is 9.82. The monoisotopic (exact) mass is 365 g/mol. The Morgan fingerprint density at radius 2 is 1.95 bits per heavy atom. The zero-order valence-corrected chi connectivity index (χ0v) is 13.5. The van der Waals surface area contributed by atoms with E-state index in [9.17, 15) is 8.42 Å². The Morgan fingerprint density at radius 3 is 2.52 bits per heavy atom. The lowest BCUT2D eigenvalue weighted by Gasteiger charge is -2.13. The van der Waals surface area contributed by atoms with E-state index in [0.29, 0.717) is 21.4 Å². The standard InChI is InChI=1S/C14H12BrN3O2S/c1-21(19,20)13-4-2-3-12(14(13)17)18-11-6-5-9(8-16)7-10(11)15/h2-7,18H,17H2,1H3. The van der Waals surface area contributed by atoms with Gasteiger partial charge >= 0.3 is 0 Å². The molecule has 0 saturated heterocycles. The third-order valence-electron chi connectivity index (χ3n) is 2.83. The van der Waals surface area contributed by atoms with E-state index in [4.69, 9.17) is 11.0 Å². The molecule has 2 rings (SSSR count). The maximum Gasteiger partial charge on any atom is 0.177 e. The molecular weight excluding hydrogens is 354 g/mol. The number of sulfone groups is 1.